The molecular weight excluding hydrogens is 312 g/mol. The van der Waals surface area contributed by atoms with Crippen LogP contribution in [0.5, 0.6) is 0 Å². The normalized spacial score (nSPS) is 15.3. The molecule has 1 fully saturated rings. The summed E-state index contributed by atoms with van der Waals surface area (Å²) in [6.45, 7) is 2.01. The Morgan fingerprint density at radius 1 is 1.26 bits per heavy atom. The minimum atomic E-state index is -0.175. The quantitative estimate of drug-likeness (QED) is 0.862. The number of pyridine rings is 1. The van der Waals surface area contributed by atoms with Gasteiger partial charge in [0.15, 0.2) is 0 Å². The second-order valence-electron chi connectivity index (χ2n) is 6.04. The molecule has 2 aromatic rings. The lowest BCUT2D eigenvalue weighted by molar-refractivity contribution is 0.0673. The smallest absolute Gasteiger partial charge is 0.254 e. The third kappa shape index (κ3) is 3.32. The van der Waals surface area contributed by atoms with E-state index in [1.807, 2.05) is 36.1 Å². The standard InChI is InChI=1S/C18H19ClN2O2/c1-12(13-3-5-15(19)6-4-13)21(16-7-8-16)18(23)14-9-10-20(2)17(22)11-14/h3-6,9-12,16H,7-8H2,1-2H3. The van der Waals surface area contributed by atoms with Crippen molar-refractivity contribution in [1.29, 1.82) is 0 Å². The molecule has 3 rings (SSSR count). The van der Waals surface area contributed by atoms with Crippen molar-refractivity contribution in [3.05, 3.63) is 69.1 Å². The predicted molar refractivity (Wildman–Crippen MR) is 90.7 cm³/mol. The summed E-state index contributed by atoms with van der Waals surface area (Å²) in [5, 5.41) is 0.678. The van der Waals surface area contributed by atoms with E-state index in [-0.39, 0.29) is 23.6 Å². The van der Waals surface area contributed by atoms with Gasteiger partial charge in [-0.25, -0.2) is 0 Å². The van der Waals surface area contributed by atoms with Crippen LogP contribution in [0.1, 0.15) is 41.7 Å². The number of rotatable bonds is 4. The molecule has 1 aliphatic rings. The van der Waals surface area contributed by atoms with Crippen LogP contribution >= 0.6 is 11.6 Å². The fraction of sp³-hybridized carbons (Fsp3) is 0.333. The topological polar surface area (TPSA) is 42.3 Å². The van der Waals surface area contributed by atoms with Crippen molar-refractivity contribution in [2.45, 2.75) is 31.8 Å². The van der Waals surface area contributed by atoms with Gasteiger partial charge < -0.3 is 9.47 Å². The predicted octanol–water partition coefficient (Wildman–Crippen LogP) is 3.40. The average Bonchev–Trinajstić information content (AvgIpc) is 3.35. The molecule has 0 bridgehead atoms. The molecule has 5 heteroatoms. The van der Waals surface area contributed by atoms with E-state index in [2.05, 4.69) is 0 Å². The molecule has 0 N–H and O–H groups in total. The molecule has 23 heavy (non-hydrogen) atoms. The summed E-state index contributed by atoms with van der Waals surface area (Å²) in [7, 11) is 1.67. The highest BCUT2D eigenvalue weighted by atomic mass is 35.5. The van der Waals surface area contributed by atoms with Crippen molar-refractivity contribution in [2.24, 2.45) is 7.05 Å². The van der Waals surface area contributed by atoms with Gasteiger partial charge in [0.05, 0.1) is 6.04 Å². The first-order valence-electron chi connectivity index (χ1n) is 7.72. The number of nitrogens with zero attached hydrogens (tertiary/aromatic N) is 2. The van der Waals surface area contributed by atoms with E-state index in [0.29, 0.717) is 10.6 Å². The van der Waals surface area contributed by atoms with Gasteiger partial charge in [-0.15, -0.1) is 0 Å². The van der Waals surface area contributed by atoms with Gasteiger partial charge in [-0.3, -0.25) is 9.59 Å². The molecule has 0 saturated heterocycles. The lowest BCUT2D eigenvalue weighted by Gasteiger charge is -2.30. The van der Waals surface area contributed by atoms with Crippen molar-refractivity contribution in [3.63, 3.8) is 0 Å². The number of carbonyl (C=O) groups excluding carboxylic acids is 1. The number of amides is 1. The molecule has 1 unspecified atom stereocenters. The Kier molecular flexibility index (Phi) is 4.26. The third-order valence-corrected chi connectivity index (χ3v) is 4.55. The van der Waals surface area contributed by atoms with Crippen LogP contribution in [0.4, 0.5) is 0 Å². The largest absolute Gasteiger partial charge is 0.329 e. The fourth-order valence-electron chi connectivity index (χ4n) is 2.74. The maximum absolute atomic E-state index is 12.9. The summed E-state index contributed by atoms with van der Waals surface area (Å²) in [5.41, 5.74) is 1.31. The minimum Gasteiger partial charge on any atom is -0.329 e. The van der Waals surface area contributed by atoms with Crippen molar-refractivity contribution in [3.8, 4) is 0 Å². The van der Waals surface area contributed by atoms with Crippen LogP contribution in [0.3, 0.4) is 0 Å². The van der Waals surface area contributed by atoms with Crippen LogP contribution < -0.4 is 5.56 Å². The molecule has 120 valence electrons. The van der Waals surface area contributed by atoms with Crippen molar-refractivity contribution in [2.75, 3.05) is 0 Å². The lowest BCUT2D eigenvalue weighted by Crippen LogP contribution is -2.36. The van der Waals surface area contributed by atoms with Crippen LogP contribution in [-0.4, -0.2) is 21.4 Å². The summed E-state index contributed by atoms with van der Waals surface area (Å²) < 4.78 is 1.46. The first-order valence-corrected chi connectivity index (χ1v) is 8.10. The fourth-order valence-corrected chi connectivity index (χ4v) is 2.87. The van der Waals surface area contributed by atoms with Gasteiger partial charge in [0.25, 0.3) is 11.5 Å². The van der Waals surface area contributed by atoms with Crippen molar-refractivity contribution >= 4 is 17.5 Å². The number of aryl methyl sites for hydroxylation is 1. The molecule has 1 atom stereocenters. The SMILES string of the molecule is CC(c1ccc(Cl)cc1)N(C(=O)c1ccn(C)c(=O)c1)C1CC1. The van der Waals surface area contributed by atoms with E-state index < -0.39 is 0 Å². The summed E-state index contributed by atoms with van der Waals surface area (Å²) >= 11 is 5.94. The molecule has 1 heterocycles. The molecule has 1 amide bonds. The molecular formula is C18H19ClN2O2. The molecule has 1 aromatic carbocycles. The van der Waals surface area contributed by atoms with E-state index in [4.69, 9.17) is 11.6 Å². The van der Waals surface area contributed by atoms with Crippen molar-refractivity contribution < 1.29 is 4.79 Å². The first-order chi connectivity index (χ1) is 11.0. The van der Waals surface area contributed by atoms with E-state index in [0.717, 1.165) is 18.4 Å². The van der Waals surface area contributed by atoms with Crippen LogP contribution in [0, 0.1) is 0 Å². The molecule has 0 aliphatic heterocycles. The Labute approximate surface area is 140 Å². The maximum Gasteiger partial charge on any atom is 0.254 e. The van der Waals surface area contributed by atoms with Gasteiger partial charge in [-0.05, 0) is 43.5 Å². The Morgan fingerprint density at radius 3 is 2.48 bits per heavy atom. The minimum absolute atomic E-state index is 0.0590. The molecule has 0 spiro atoms. The summed E-state index contributed by atoms with van der Waals surface area (Å²) in [6, 6.07) is 10.9. The Bertz CT molecular complexity index is 778. The summed E-state index contributed by atoms with van der Waals surface area (Å²) in [6.07, 6.45) is 3.65. The van der Waals surface area contributed by atoms with Gasteiger partial charge >= 0.3 is 0 Å². The summed E-state index contributed by atoms with van der Waals surface area (Å²) in [5.74, 6) is -0.0901. The number of benzene rings is 1. The van der Waals surface area contributed by atoms with Crippen molar-refractivity contribution in [1.82, 2.24) is 9.47 Å². The van der Waals surface area contributed by atoms with Crippen LogP contribution in [-0.2, 0) is 7.05 Å². The molecule has 1 aliphatic carbocycles. The van der Waals surface area contributed by atoms with E-state index in [9.17, 15) is 9.59 Å². The highest BCUT2D eigenvalue weighted by Gasteiger charge is 2.36. The zero-order valence-corrected chi connectivity index (χ0v) is 14.0. The Morgan fingerprint density at radius 2 is 1.91 bits per heavy atom. The van der Waals surface area contributed by atoms with E-state index in [1.54, 1.807) is 19.3 Å². The number of halogens is 1. The van der Waals surface area contributed by atoms with Gasteiger partial charge in [0, 0.05) is 35.9 Å². The van der Waals surface area contributed by atoms with Crippen LogP contribution in [0.15, 0.2) is 47.4 Å². The number of carbonyl (C=O) groups is 1. The second kappa shape index (κ2) is 6.20. The van der Waals surface area contributed by atoms with E-state index >= 15 is 0 Å². The van der Waals surface area contributed by atoms with Gasteiger partial charge in [-0.2, -0.15) is 0 Å². The second-order valence-corrected chi connectivity index (χ2v) is 6.47. The van der Waals surface area contributed by atoms with Gasteiger partial charge in [-0.1, -0.05) is 23.7 Å². The highest BCUT2D eigenvalue weighted by Crippen LogP contribution is 2.35. The zero-order valence-electron chi connectivity index (χ0n) is 13.2. The average molecular weight is 331 g/mol. The van der Waals surface area contributed by atoms with Gasteiger partial charge in [0.2, 0.25) is 0 Å². The van der Waals surface area contributed by atoms with E-state index in [1.165, 1.54) is 10.6 Å². The summed E-state index contributed by atoms with van der Waals surface area (Å²) in [4.78, 5) is 26.6. The van der Waals surface area contributed by atoms with Crippen LogP contribution in [0.2, 0.25) is 5.02 Å². The number of aromatic nitrogens is 1. The molecule has 4 nitrogen and oxygen atoms in total. The first kappa shape index (κ1) is 15.8. The van der Waals surface area contributed by atoms with Crippen LogP contribution in [0.25, 0.3) is 0 Å². The number of hydrogen-bond donors (Lipinski definition) is 0. The molecule has 0 radical (unpaired) electrons. The van der Waals surface area contributed by atoms with Gasteiger partial charge in [0.1, 0.15) is 0 Å². The third-order valence-electron chi connectivity index (χ3n) is 4.30. The highest BCUT2D eigenvalue weighted by molar-refractivity contribution is 6.30. The Balaban J connectivity index is 1.91. The number of hydrogen-bond acceptors (Lipinski definition) is 2. The Hall–Kier alpha value is -2.07. The molecule has 1 aromatic heterocycles. The lowest BCUT2D eigenvalue weighted by atomic mass is 10.1. The molecule has 1 saturated carbocycles. The maximum atomic E-state index is 12.9. The monoisotopic (exact) mass is 330 g/mol. The zero-order chi connectivity index (χ0) is 16.6.